The molecule has 5 nitrogen and oxygen atoms in total. The highest BCUT2D eigenvalue weighted by Crippen LogP contribution is 2.27. The Balaban J connectivity index is 2.70. The zero-order valence-electron chi connectivity index (χ0n) is 8.81. The predicted octanol–water partition coefficient (Wildman–Crippen LogP) is 2.72. The number of halogens is 1. The molecule has 6 heteroatoms. The summed E-state index contributed by atoms with van der Waals surface area (Å²) in [5.74, 6) is -0.499. The molecule has 2 aromatic rings. The lowest BCUT2D eigenvalue weighted by Gasteiger charge is -2.01. The van der Waals surface area contributed by atoms with Gasteiger partial charge in [-0.1, -0.05) is 6.07 Å². The van der Waals surface area contributed by atoms with Crippen LogP contribution in [0.25, 0.3) is 10.9 Å². The average Bonchev–Trinajstić information content (AvgIpc) is 2.65. The van der Waals surface area contributed by atoms with Gasteiger partial charge >= 0.3 is 12.1 Å². The van der Waals surface area contributed by atoms with Crippen molar-refractivity contribution in [3.8, 4) is 0 Å². The third-order valence-electron chi connectivity index (χ3n) is 2.38. The maximum absolute atomic E-state index is 11.4. The number of nitrogens with zero attached hydrogens (tertiary/aromatic N) is 1. The van der Waals surface area contributed by atoms with Crippen molar-refractivity contribution in [2.45, 2.75) is 0 Å². The van der Waals surface area contributed by atoms with Crippen LogP contribution in [-0.2, 0) is 4.74 Å². The van der Waals surface area contributed by atoms with Crippen LogP contribution in [0.1, 0.15) is 10.4 Å². The Morgan fingerprint density at radius 2 is 2.12 bits per heavy atom. The summed E-state index contributed by atoms with van der Waals surface area (Å²) in [6.07, 6.45) is 0.330. The lowest BCUT2D eigenvalue weighted by molar-refractivity contribution is 0.0601. The van der Waals surface area contributed by atoms with Gasteiger partial charge in [-0.15, -0.1) is 0 Å². The van der Waals surface area contributed by atoms with E-state index >= 15 is 0 Å². The van der Waals surface area contributed by atoms with Crippen LogP contribution in [0.15, 0.2) is 28.9 Å². The Labute approximate surface area is 105 Å². The van der Waals surface area contributed by atoms with E-state index < -0.39 is 12.1 Å². The summed E-state index contributed by atoms with van der Waals surface area (Å²) in [4.78, 5) is 22.4. The highest BCUT2D eigenvalue weighted by molar-refractivity contribution is 9.10. The molecule has 0 atom stereocenters. The number of hydrogen-bond acceptors (Lipinski definition) is 3. The lowest BCUT2D eigenvalue weighted by Crippen LogP contribution is -2.07. The number of benzene rings is 1. The molecule has 0 amide bonds. The molecule has 0 spiro atoms. The van der Waals surface area contributed by atoms with Crippen molar-refractivity contribution in [1.82, 2.24) is 4.57 Å². The minimum Gasteiger partial charge on any atom is -0.465 e. The predicted molar refractivity (Wildman–Crippen MR) is 64.4 cm³/mol. The molecular formula is C11H8BrNO4. The number of aromatic nitrogens is 1. The van der Waals surface area contributed by atoms with Gasteiger partial charge in [-0.2, -0.15) is 0 Å². The van der Waals surface area contributed by atoms with Gasteiger partial charge in [0.1, 0.15) is 0 Å². The van der Waals surface area contributed by atoms with E-state index in [9.17, 15) is 9.59 Å². The molecule has 0 unspecified atom stereocenters. The van der Waals surface area contributed by atoms with Crippen LogP contribution in [0.4, 0.5) is 4.79 Å². The van der Waals surface area contributed by atoms with Gasteiger partial charge in [0.2, 0.25) is 0 Å². The van der Waals surface area contributed by atoms with Crippen molar-refractivity contribution in [3.05, 3.63) is 34.4 Å². The molecule has 2 rings (SSSR count). The van der Waals surface area contributed by atoms with Crippen LogP contribution in [-0.4, -0.2) is 28.8 Å². The van der Waals surface area contributed by atoms with E-state index in [1.54, 1.807) is 12.1 Å². The van der Waals surface area contributed by atoms with Gasteiger partial charge in [0.05, 0.1) is 18.2 Å². The maximum Gasteiger partial charge on any atom is 0.416 e. The van der Waals surface area contributed by atoms with Crippen LogP contribution in [0, 0.1) is 0 Å². The van der Waals surface area contributed by atoms with Crippen LogP contribution in [0.2, 0.25) is 0 Å². The first-order chi connectivity index (χ1) is 8.04. The zero-order chi connectivity index (χ0) is 12.6. The number of carbonyl (C=O) groups excluding carboxylic acids is 1. The number of carbonyl (C=O) groups is 2. The zero-order valence-corrected chi connectivity index (χ0v) is 10.4. The molecule has 0 radical (unpaired) electrons. The molecule has 1 heterocycles. The average molecular weight is 298 g/mol. The molecule has 0 saturated carbocycles. The van der Waals surface area contributed by atoms with Crippen LogP contribution in [0.5, 0.6) is 0 Å². The number of hydrogen-bond donors (Lipinski definition) is 1. The summed E-state index contributed by atoms with van der Waals surface area (Å²) >= 11 is 3.26. The normalized spacial score (nSPS) is 10.5. The molecule has 1 aromatic carbocycles. The van der Waals surface area contributed by atoms with E-state index in [4.69, 9.17) is 5.11 Å². The largest absolute Gasteiger partial charge is 0.465 e. The van der Waals surface area contributed by atoms with E-state index in [1.807, 2.05) is 0 Å². The van der Waals surface area contributed by atoms with E-state index in [-0.39, 0.29) is 0 Å². The summed E-state index contributed by atoms with van der Waals surface area (Å²) in [7, 11) is 1.28. The van der Waals surface area contributed by atoms with Gasteiger partial charge < -0.3 is 9.84 Å². The first-order valence-electron chi connectivity index (χ1n) is 4.67. The second-order valence-electron chi connectivity index (χ2n) is 3.35. The highest BCUT2D eigenvalue weighted by Gasteiger charge is 2.14. The standard InChI is InChI=1S/C11H8BrNO4/c1-17-10(14)6-2-3-7-8(12)5-13(11(15)16)9(7)4-6/h2-5H,1H3,(H,15,16). The summed E-state index contributed by atoms with van der Waals surface area (Å²) in [6, 6.07) is 4.75. The fraction of sp³-hybridized carbons (Fsp3) is 0.0909. The van der Waals surface area contributed by atoms with Gasteiger partial charge in [-0.25, -0.2) is 9.59 Å². The fourth-order valence-electron chi connectivity index (χ4n) is 1.59. The lowest BCUT2D eigenvalue weighted by atomic mass is 10.1. The first kappa shape index (κ1) is 11.7. The molecular weight excluding hydrogens is 290 g/mol. The third-order valence-corrected chi connectivity index (χ3v) is 3.02. The summed E-state index contributed by atoms with van der Waals surface area (Å²) in [6.45, 7) is 0. The number of ether oxygens (including phenoxy) is 1. The van der Waals surface area contributed by atoms with Gasteiger partial charge in [-0.05, 0) is 28.1 Å². The van der Waals surface area contributed by atoms with Crippen molar-refractivity contribution in [2.24, 2.45) is 0 Å². The minimum atomic E-state index is -1.11. The van der Waals surface area contributed by atoms with Gasteiger partial charge in [0, 0.05) is 16.1 Å². The third kappa shape index (κ3) is 1.91. The number of fused-ring (bicyclic) bond motifs is 1. The second-order valence-corrected chi connectivity index (χ2v) is 4.21. The van der Waals surface area contributed by atoms with Crippen molar-refractivity contribution in [1.29, 1.82) is 0 Å². The SMILES string of the molecule is COC(=O)c1ccc2c(Br)cn(C(=O)O)c2c1. The Morgan fingerprint density at radius 3 is 2.71 bits per heavy atom. The van der Waals surface area contributed by atoms with Crippen molar-refractivity contribution < 1.29 is 19.4 Å². The molecule has 0 saturated heterocycles. The van der Waals surface area contributed by atoms with E-state index in [0.717, 1.165) is 9.95 Å². The van der Waals surface area contributed by atoms with Gasteiger partial charge in [0.25, 0.3) is 0 Å². The van der Waals surface area contributed by atoms with Crippen molar-refractivity contribution in [3.63, 3.8) is 0 Å². The Hall–Kier alpha value is -1.82. The Morgan fingerprint density at radius 1 is 1.41 bits per heavy atom. The van der Waals surface area contributed by atoms with E-state index in [2.05, 4.69) is 20.7 Å². The molecule has 0 bridgehead atoms. The maximum atomic E-state index is 11.4. The summed E-state index contributed by atoms with van der Waals surface area (Å²) in [5.41, 5.74) is 0.750. The van der Waals surface area contributed by atoms with Gasteiger partial charge in [-0.3, -0.25) is 4.57 Å². The molecule has 0 aliphatic carbocycles. The number of rotatable bonds is 1. The van der Waals surface area contributed by atoms with Crippen LogP contribution < -0.4 is 0 Å². The number of methoxy groups -OCH3 is 1. The summed E-state index contributed by atoms with van der Waals surface area (Å²) < 4.78 is 6.29. The number of carboxylic acid groups (broad SMARTS) is 1. The van der Waals surface area contributed by atoms with Crippen LogP contribution in [0.3, 0.4) is 0 Å². The number of esters is 1. The molecule has 1 aromatic heterocycles. The molecule has 0 aliphatic rings. The van der Waals surface area contributed by atoms with Crippen molar-refractivity contribution in [2.75, 3.05) is 7.11 Å². The fourth-order valence-corrected chi connectivity index (χ4v) is 2.13. The topological polar surface area (TPSA) is 68.5 Å². The quantitative estimate of drug-likeness (QED) is 0.822. The summed E-state index contributed by atoms with van der Waals surface area (Å²) in [5, 5.41) is 9.73. The monoisotopic (exact) mass is 297 g/mol. The highest BCUT2D eigenvalue weighted by atomic mass is 79.9. The molecule has 0 fully saturated rings. The molecule has 0 aliphatic heterocycles. The first-order valence-corrected chi connectivity index (χ1v) is 5.46. The molecule has 17 heavy (non-hydrogen) atoms. The Kier molecular flexibility index (Phi) is 2.89. The van der Waals surface area contributed by atoms with E-state index in [1.165, 1.54) is 19.4 Å². The minimum absolute atomic E-state index is 0.313. The molecule has 88 valence electrons. The van der Waals surface area contributed by atoms with E-state index in [0.29, 0.717) is 15.6 Å². The van der Waals surface area contributed by atoms with Gasteiger partial charge in [0.15, 0.2) is 0 Å². The second kappa shape index (κ2) is 4.21. The van der Waals surface area contributed by atoms with Crippen LogP contribution >= 0.6 is 15.9 Å². The molecule has 1 N–H and O–H groups in total. The van der Waals surface area contributed by atoms with Crippen molar-refractivity contribution >= 4 is 38.9 Å². The smallest absolute Gasteiger partial charge is 0.416 e. The Bertz CT molecular complexity index is 617.